The highest BCUT2D eigenvalue weighted by Crippen LogP contribution is 2.21. The van der Waals surface area contributed by atoms with E-state index < -0.39 is 0 Å². The molecule has 0 bridgehead atoms. The molecule has 0 saturated heterocycles. The van der Waals surface area contributed by atoms with E-state index in [1.54, 1.807) is 12.3 Å². The summed E-state index contributed by atoms with van der Waals surface area (Å²) in [7, 11) is 0. The lowest BCUT2D eigenvalue weighted by Crippen LogP contribution is -2.08. The molecule has 0 unspecified atom stereocenters. The van der Waals surface area contributed by atoms with Gasteiger partial charge in [0.05, 0.1) is 12.3 Å². The van der Waals surface area contributed by atoms with Crippen molar-refractivity contribution in [2.45, 2.75) is 6.92 Å². The highest BCUT2D eigenvalue weighted by molar-refractivity contribution is 9.10. The summed E-state index contributed by atoms with van der Waals surface area (Å²) in [6.07, 6.45) is 1.65. The average molecular weight is 261 g/mol. The van der Waals surface area contributed by atoms with Crippen molar-refractivity contribution in [3.05, 3.63) is 16.7 Å². The van der Waals surface area contributed by atoms with Crippen LogP contribution in [-0.4, -0.2) is 24.8 Å². The third-order valence-corrected chi connectivity index (χ3v) is 1.95. The number of anilines is 1. The van der Waals surface area contributed by atoms with E-state index in [4.69, 9.17) is 15.2 Å². The van der Waals surface area contributed by atoms with Crippen molar-refractivity contribution in [3.8, 4) is 5.88 Å². The summed E-state index contributed by atoms with van der Waals surface area (Å²) in [4.78, 5) is 4.03. The van der Waals surface area contributed by atoms with Crippen molar-refractivity contribution in [1.82, 2.24) is 4.98 Å². The lowest BCUT2D eigenvalue weighted by Gasteiger charge is -2.07. The van der Waals surface area contributed by atoms with Gasteiger partial charge < -0.3 is 15.2 Å². The van der Waals surface area contributed by atoms with Crippen LogP contribution in [0.2, 0.25) is 0 Å². The molecule has 0 aliphatic heterocycles. The Bertz CT molecular complexity index is 294. The molecule has 14 heavy (non-hydrogen) atoms. The maximum Gasteiger partial charge on any atom is 0.237 e. The lowest BCUT2D eigenvalue weighted by atomic mass is 10.4. The van der Waals surface area contributed by atoms with Gasteiger partial charge in [0.15, 0.2) is 0 Å². The number of nitrogens with zero attached hydrogens (tertiary/aromatic N) is 1. The Morgan fingerprint density at radius 2 is 2.29 bits per heavy atom. The average Bonchev–Trinajstić information content (AvgIpc) is 2.15. The summed E-state index contributed by atoms with van der Waals surface area (Å²) >= 11 is 3.27. The summed E-state index contributed by atoms with van der Waals surface area (Å²) < 4.78 is 11.3. The Labute approximate surface area is 91.5 Å². The minimum Gasteiger partial charge on any atom is -0.474 e. The van der Waals surface area contributed by atoms with Gasteiger partial charge in [-0.15, -0.1) is 0 Å². The minimum atomic E-state index is 0.452. The van der Waals surface area contributed by atoms with Gasteiger partial charge in [0.2, 0.25) is 5.88 Å². The fraction of sp³-hybridized carbons (Fsp3) is 0.444. The summed E-state index contributed by atoms with van der Waals surface area (Å²) in [5.74, 6) is 0.452. The molecule has 0 spiro atoms. The maximum absolute atomic E-state index is 5.68. The molecular formula is C9H13BrN2O2. The van der Waals surface area contributed by atoms with E-state index in [0.717, 1.165) is 4.47 Å². The van der Waals surface area contributed by atoms with Gasteiger partial charge >= 0.3 is 0 Å². The van der Waals surface area contributed by atoms with Crippen molar-refractivity contribution in [2.75, 3.05) is 25.6 Å². The third kappa shape index (κ3) is 3.51. The Hall–Kier alpha value is -0.810. The van der Waals surface area contributed by atoms with E-state index in [1.165, 1.54) is 0 Å². The van der Waals surface area contributed by atoms with Crippen molar-refractivity contribution < 1.29 is 9.47 Å². The van der Waals surface area contributed by atoms with E-state index in [1.807, 2.05) is 6.92 Å². The first-order chi connectivity index (χ1) is 6.74. The summed E-state index contributed by atoms with van der Waals surface area (Å²) in [5.41, 5.74) is 6.20. The van der Waals surface area contributed by atoms with Crippen LogP contribution in [-0.2, 0) is 4.74 Å². The molecule has 0 aliphatic rings. The second kappa shape index (κ2) is 5.82. The van der Waals surface area contributed by atoms with Crippen molar-refractivity contribution in [2.24, 2.45) is 0 Å². The Morgan fingerprint density at radius 3 is 2.93 bits per heavy atom. The summed E-state index contributed by atoms with van der Waals surface area (Å²) in [5, 5.41) is 0. The first-order valence-corrected chi connectivity index (χ1v) is 5.15. The molecule has 5 heteroatoms. The van der Waals surface area contributed by atoms with Crippen molar-refractivity contribution in [1.29, 1.82) is 0 Å². The molecule has 0 fully saturated rings. The van der Waals surface area contributed by atoms with E-state index >= 15 is 0 Å². The molecule has 0 aromatic carbocycles. The maximum atomic E-state index is 5.68. The fourth-order valence-corrected chi connectivity index (χ4v) is 1.25. The topological polar surface area (TPSA) is 57.4 Å². The predicted molar refractivity (Wildman–Crippen MR) is 58.3 cm³/mol. The number of nitrogens with two attached hydrogens (primary N) is 1. The van der Waals surface area contributed by atoms with Crippen LogP contribution in [0.3, 0.4) is 0 Å². The van der Waals surface area contributed by atoms with E-state index in [0.29, 0.717) is 31.4 Å². The highest BCUT2D eigenvalue weighted by atomic mass is 79.9. The van der Waals surface area contributed by atoms with Crippen LogP contribution < -0.4 is 10.5 Å². The Morgan fingerprint density at radius 1 is 1.50 bits per heavy atom. The van der Waals surface area contributed by atoms with Crippen LogP contribution in [0.5, 0.6) is 5.88 Å². The van der Waals surface area contributed by atoms with Crippen molar-refractivity contribution >= 4 is 21.6 Å². The number of pyridine rings is 1. The third-order valence-electron chi connectivity index (χ3n) is 1.52. The van der Waals surface area contributed by atoms with Gasteiger partial charge in [0.1, 0.15) is 6.61 Å². The quantitative estimate of drug-likeness (QED) is 0.821. The molecule has 1 rings (SSSR count). The van der Waals surface area contributed by atoms with E-state index in [-0.39, 0.29) is 0 Å². The molecule has 0 aliphatic carbocycles. The first-order valence-electron chi connectivity index (χ1n) is 4.35. The summed E-state index contributed by atoms with van der Waals surface area (Å²) in [6, 6.07) is 1.75. The standard InChI is InChI=1S/C9H13BrN2O2/c1-2-13-3-4-14-9-8(11)5-7(10)6-12-9/h5-6H,2-4,11H2,1H3. The Kier molecular flexibility index (Phi) is 4.69. The number of nitrogen functional groups attached to an aromatic ring is 1. The number of halogens is 1. The normalized spacial score (nSPS) is 10.1. The molecule has 4 nitrogen and oxygen atoms in total. The second-order valence-electron chi connectivity index (χ2n) is 2.59. The molecule has 2 N–H and O–H groups in total. The SMILES string of the molecule is CCOCCOc1ncc(Br)cc1N. The van der Waals surface area contributed by atoms with Crippen LogP contribution in [0.4, 0.5) is 5.69 Å². The highest BCUT2D eigenvalue weighted by Gasteiger charge is 2.01. The van der Waals surface area contributed by atoms with Gasteiger partial charge in [-0.1, -0.05) is 0 Å². The zero-order valence-corrected chi connectivity index (χ0v) is 9.58. The largest absolute Gasteiger partial charge is 0.474 e. The van der Waals surface area contributed by atoms with E-state index in [9.17, 15) is 0 Å². The fourth-order valence-electron chi connectivity index (χ4n) is 0.905. The van der Waals surface area contributed by atoms with Crippen LogP contribution in [0.1, 0.15) is 6.92 Å². The summed E-state index contributed by atoms with van der Waals surface area (Å²) in [6.45, 7) is 3.64. The molecule has 1 aromatic rings. The molecule has 1 aromatic heterocycles. The molecule has 0 atom stereocenters. The molecule has 1 heterocycles. The minimum absolute atomic E-state index is 0.452. The monoisotopic (exact) mass is 260 g/mol. The van der Waals surface area contributed by atoms with Gasteiger partial charge in [-0.05, 0) is 28.9 Å². The van der Waals surface area contributed by atoms with Gasteiger partial charge in [-0.2, -0.15) is 0 Å². The van der Waals surface area contributed by atoms with Crippen molar-refractivity contribution in [3.63, 3.8) is 0 Å². The number of hydrogen-bond acceptors (Lipinski definition) is 4. The van der Waals surface area contributed by atoms with Gasteiger partial charge in [0.25, 0.3) is 0 Å². The lowest BCUT2D eigenvalue weighted by molar-refractivity contribution is 0.109. The first kappa shape index (κ1) is 11.3. The number of aromatic nitrogens is 1. The number of ether oxygens (including phenoxy) is 2. The van der Waals surface area contributed by atoms with Crippen LogP contribution in [0.25, 0.3) is 0 Å². The van der Waals surface area contributed by atoms with Gasteiger partial charge in [-0.25, -0.2) is 4.98 Å². The molecule has 0 amide bonds. The van der Waals surface area contributed by atoms with Gasteiger partial charge in [0, 0.05) is 17.3 Å². The van der Waals surface area contributed by atoms with Gasteiger partial charge in [-0.3, -0.25) is 0 Å². The molecule has 78 valence electrons. The number of rotatable bonds is 5. The molecular weight excluding hydrogens is 248 g/mol. The predicted octanol–water partition coefficient (Wildman–Crippen LogP) is 1.84. The smallest absolute Gasteiger partial charge is 0.237 e. The van der Waals surface area contributed by atoms with E-state index in [2.05, 4.69) is 20.9 Å². The molecule has 0 radical (unpaired) electrons. The second-order valence-corrected chi connectivity index (χ2v) is 3.51. The van der Waals surface area contributed by atoms with Crippen LogP contribution in [0, 0.1) is 0 Å². The Balaban J connectivity index is 2.42. The zero-order valence-electron chi connectivity index (χ0n) is 8.00. The van der Waals surface area contributed by atoms with Crippen LogP contribution in [0.15, 0.2) is 16.7 Å². The molecule has 0 saturated carbocycles. The zero-order chi connectivity index (χ0) is 10.4. The number of hydrogen-bond donors (Lipinski definition) is 1. The van der Waals surface area contributed by atoms with Crippen LogP contribution >= 0.6 is 15.9 Å².